The van der Waals surface area contributed by atoms with Crippen molar-refractivity contribution in [3.05, 3.63) is 35.4 Å². The maximum absolute atomic E-state index is 12.4. The van der Waals surface area contributed by atoms with Gasteiger partial charge in [0.15, 0.2) is 19.7 Å². The first-order chi connectivity index (χ1) is 10.3. The van der Waals surface area contributed by atoms with Crippen LogP contribution in [0.15, 0.2) is 24.3 Å². The van der Waals surface area contributed by atoms with Gasteiger partial charge in [-0.3, -0.25) is 0 Å². The Kier molecular flexibility index (Phi) is 4.34. The first kappa shape index (κ1) is 16.0. The van der Waals surface area contributed by atoms with Crippen LogP contribution in [-0.4, -0.2) is 28.3 Å². The smallest absolute Gasteiger partial charge is 0.154 e. The van der Waals surface area contributed by atoms with Crippen molar-refractivity contribution in [2.75, 3.05) is 11.5 Å². The third-order valence-corrected chi connectivity index (χ3v) is 8.14. The van der Waals surface area contributed by atoms with Crippen molar-refractivity contribution >= 4 is 19.7 Å². The molecule has 0 aromatic heterocycles. The van der Waals surface area contributed by atoms with E-state index in [1.165, 1.54) is 0 Å². The molecule has 6 heteroatoms. The molecule has 3 rings (SSSR count). The molecule has 0 radical (unpaired) electrons. The molecule has 4 nitrogen and oxygen atoms in total. The van der Waals surface area contributed by atoms with Crippen molar-refractivity contribution in [2.45, 2.75) is 37.2 Å². The number of rotatable bonds is 0. The minimum Gasteiger partial charge on any atom is -0.228 e. The number of benzene rings is 1. The zero-order chi connectivity index (χ0) is 15.8. The maximum Gasteiger partial charge on any atom is 0.154 e. The number of fused-ring (bicyclic) bond motifs is 4. The summed E-state index contributed by atoms with van der Waals surface area (Å²) >= 11 is 0. The highest BCUT2D eigenvalue weighted by Crippen LogP contribution is 2.32. The largest absolute Gasteiger partial charge is 0.228 e. The Morgan fingerprint density at radius 1 is 0.818 bits per heavy atom. The third-order valence-electron chi connectivity index (χ3n) is 4.64. The van der Waals surface area contributed by atoms with Crippen LogP contribution in [0.25, 0.3) is 0 Å². The minimum absolute atomic E-state index is 0.0159. The van der Waals surface area contributed by atoms with E-state index in [0.717, 1.165) is 25.7 Å². The van der Waals surface area contributed by atoms with E-state index in [0.29, 0.717) is 11.1 Å². The first-order valence-corrected chi connectivity index (χ1v) is 11.4. The Morgan fingerprint density at radius 2 is 1.32 bits per heavy atom. The summed E-state index contributed by atoms with van der Waals surface area (Å²) in [5.41, 5.74) is 1.39. The first-order valence-electron chi connectivity index (χ1n) is 7.80. The molecule has 4 bridgehead atoms. The SMILES string of the molecule is O=S1(=O)Cc2cccc(c2)CS(=O)(=O)C[C@@H]2CCC[C@H](C2)C1. The summed E-state index contributed by atoms with van der Waals surface area (Å²) in [4.78, 5) is 0. The van der Waals surface area contributed by atoms with Gasteiger partial charge >= 0.3 is 0 Å². The molecule has 22 heavy (non-hydrogen) atoms. The van der Waals surface area contributed by atoms with E-state index in [1.54, 1.807) is 24.3 Å². The van der Waals surface area contributed by atoms with E-state index in [4.69, 9.17) is 0 Å². The van der Waals surface area contributed by atoms with Crippen molar-refractivity contribution in [2.24, 2.45) is 11.8 Å². The average Bonchev–Trinajstić information content (AvgIpc) is 2.35. The molecule has 0 spiro atoms. The molecule has 0 amide bonds. The average molecular weight is 342 g/mol. The van der Waals surface area contributed by atoms with E-state index >= 15 is 0 Å². The van der Waals surface area contributed by atoms with Crippen molar-refractivity contribution in [1.29, 1.82) is 0 Å². The molecule has 1 aromatic carbocycles. The lowest BCUT2D eigenvalue weighted by molar-refractivity contribution is 0.303. The lowest BCUT2D eigenvalue weighted by atomic mass is 9.83. The molecule has 0 unspecified atom stereocenters. The zero-order valence-corrected chi connectivity index (χ0v) is 14.2. The Labute approximate surface area is 132 Å². The van der Waals surface area contributed by atoms with Crippen LogP contribution < -0.4 is 0 Å². The molecule has 1 aromatic rings. The second-order valence-corrected chi connectivity index (χ2v) is 11.0. The third kappa shape index (κ3) is 4.10. The number of hydrogen-bond donors (Lipinski definition) is 0. The van der Waals surface area contributed by atoms with Gasteiger partial charge in [0.25, 0.3) is 0 Å². The minimum atomic E-state index is -3.14. The van der Waals surface area contributed by atoms with Gasteiger partial charge in [-0.15, -0.1) is 0 Å². The summed E-state index contributed by atoms with van der Waals surface area (Å²) in [6.45, 7) is 0. The summed E-state index contributed by atoms with van der Waals surface area (Å²) in [6, 6.07) is 7.01. The molecule has 1 aliphatic carbocycles. The molecule has 122 valence electrons. The summed E-state index contributed by atoms with van der Waals surface area (Å²) in [7, 11) is -6.27. The van der Waals surface area contributed by atoms with Crippen LogP contribution in [0.4, 0.5) is 0 Å². The molecular formula is C16H22O4S2. The lowest BCUT2D eigenvalue weighted by Gasteiger charge is -2.29. The van der Waals surface area contributed by atoms with Crippen LogP contribution in [0.3, 0.4) is 0 Å². The highest BCUT2D eigenvalue weighted by atomic mass is 32.2. The molecule has 2 atom stereocenters. The standard InChI is InChI=1S/C16H22O4S2/c17-21(18)9-13-3-1-4-14(7-13)10-22(19,20)12-16-6-2-5-15(8-16)11-21/h1,3-4,7,15-16H,2,5-6,8-12H2/t15-,16-/m1/s1. The second kappa shape index (κ2) is 5.96. The van der Waals surface area contributed by atoms with Crippen LogP contribution in [0, 0.1) is 11.8 Å². The van der Waals surface area contributed by atoms with Crippen molar-refractivity contribution in [3.63, 3.8) is 0 Å². The number of hydrogen-bond acceptors (Lipinski definition) is 4. The van der Waals surface area contributed by atoms with Crippen LogP contribution >= 0.6 is 0 Å². The van der Waals surface area contributed by atoms with Gasteiger partial charge in [-0.05, 0) is 42.2 Å². The van der Waals surface area contributed by atoms with Crippen LogP contribution in [0.2, 0.25) is 0 Å². The molecule has 0 N–H and O–H groups in total. The Balaban J connectivity index is 1.98. The van der Waals surface area contributed by atoms with Crippen molar-refractivity contribution < 1.29 is 16.8 Å². The zero-order valence-electron chi connectivity index (χ0n) is 12.6. The quantitative estimate of drug-likeness (QED) is 0.726. The summed E-state index contributed by atoms with van der Waals surface area (Å²) < 4.78 is 49.6. The van der Waals surface area contributed by atoms with Gasteiger partial charge in [0.05, 0.1) is 23.0 Å². The molecular weight excluding hydrogens is 320 g/mol. The van der Waals surface area contributed by atoms with E-state index in [-0.39, 0.29) is 34.8 Å². The Hall–Kier alpha value is -0.880. The van der Waals surface area contributed by atoms with Gasteiger partial charge in [-0.1, -0.05) is 30.7 Å². The molecule has 1 aliphatic heterocycles. The van der Waals surface area contributed by atoms with Gasteiger partial charge in [-0.2, -0.15) is 0 Å². The number of sulfone groups is 2. The summed E-state index contributed by atoms with van der Waals surface area (Å²) in [5.74, 6) is 0.634. The van der Waals surface area contributed by atoms with E-state index in [1.807, 2.05) is 0 Å². The van der Waals surface area contributed by atoms with Gasteiger partial charge in [0, 0.05) is 0 Å². The Morgan fingerprint density at radius 3 is 1.82 bits per heavy atom. The van der Waals surface area contributed by atoms with Gasteiger partial charge < -0.3 is 0 Å². The van der Waals surface area contributed by atoms with E-state index in [2.05, 4.69) is 0 Å². The van der Waals surface area contributed by atoms with E-state index in [9.17, 15) is 16.8 Å². The summed E-state index contributed by atoms with van der Waals surface area (Å²) in [5, 5.41) is 0. The fourth-order valence-corrected chi connectivity index (χ4v) is 7.51. The van der Waals surface area contributed by atoms with Gasteiger partial charge in [0.1, 0.15) is 0 Å². The van der Waals surface area contributed by atoms with Crippen LogP contribution in [-0.2, 0) is 31.2 Å². The molecule has 1 heterocycles. The van der Waals surface area contributed by atoms with Crippen LogP contribution in [0.5, 0.6) is 0 Å². The fourth-order valence-electron chi connectivity index (χ4n) is 3.86. The molecule has 1 saturated carbocycles. The van der Waals surface area contributed by atoms with E-state index < -0.39 is 19.7 Å². The normalized spacial score (nSPS) is 30.7. The highest BCUT2D eigenvalue weighted by Gasteiger charge is 2.30. The highest BCUT2D eigenvalue weighted by molar-refractivity contribution is 7.90. The molecule has 0 saturated heterocycles. The Bertz CT molecular complexity index is 691. The van der Waals surface area contributed by atoms with Crippen molar-refractivity contribution in [1.82, 2.24) is 0 Å². The van der Waals surface area contributed by atoms with Crippen molar-refractivity contribution in [3.8, 4) is 0 Å². The monoisotopic (exact) mass is 342 g/mol. The van der Waals surface area contributed by atoms with Gasteiger partial charge in [-0.25, -0.2) is 16.8 Å². The van der Waals surface area contributed by atoms with Gasteiger partial charge in [0.2, 0.25) is 0 Å². The maximum atomic E-state index is 12.4. The predicted molar refractivity (Wildman–Crippen MR) is 86.9 cm³/mol. The second-order valence-electron chi connectivity index (χ2n) is 6.83. The molecule has 2 aliphatic rings. The fraction of sp³-hybridized carbons (Fsp3) is 0.625. The summed E-state index contributed by atoms with van der Waals surface area (Å²) in [6.07, 6.45) is 3.46. The predicted octanol–water partition coefficient (Wildman–Crippen LogP) is 2.34. The molecule has 1 fully saturated rings. The topological polar surface area (TPSA) is 68.3 Å². The van der Waals surface area contributed by atoms with Crippen LogP contribution in [0.1, 0.15) is 36.8 Å². The lowest BCUT2D eigenvalue weighted by Crippen LogP contribution is -2.28.